The molecule has 1 aliphatic rings. The van der Waals surface area contributed by atoms with Crippen LogP contribution in [0.1, 0.15) is 24.0 Å². The molecule has 0 amide bonds. The zero-order valence-corrected chi connectivity index (χ0v) is 14.4. The number of hydrogen-bond donors (Lipinski definition) is 1. The normalized spacial score (nSPS) is 16.2. The van der Waals surface area contributed by atoms with Crippen molar-refractivity contribution in [1.82, 2.24) is 14.1 Å². The van der Waals surface area contributed by atoms with Gasteiger partial charge in [0.25, 0.3) is 5.56 Å². The van der Waals surface area contributed by atoms with Crippen LogP contribution in [0.3, 0.4) is 0 Å². The Morgan fingerprint density at radius 1 is 1.28 bits per heavy atom. The Hall–Kier alpha value is -3.16. The van der Waals surface area contributed by atoms with Gasteiger partial charge in [-0.1, -0.05) is 6.07 Å². The summed E-state index contributed by atoms with van der Waals surface area (Å²) in [6.07, 6.45) is 3.21. The number of nitrogens with one attached hydrogen (secondary N) is 1. The van der Waals surface area contributed by atoms with Crippen LogP contribution in [0.25, 0.3) is 0 Å². The topological polar surface area (TPSA) is 95.2 Å². The maximum absolute atomic E-state index is 12.8. The molecule has 2 aromatic heterocycles. The Labute approximate surface area is 143 Å². The van der Waals surface area contributed by atoms with E-state index in [9.17, 15) is 14.4 Å². The first kappa shape index (κ1) is 16.7. The number of methoxy groups -OCH3 is 1. The summed E-state index contributed by atoms with van der Waals surface area (Å²) < 4.78 is 7.30. The minimum atomic E-state index is -0.678. The average Bonchev–Trinajstić information content (AvgIpc) is 2.63. The fraction of sp³-hybridized carbons (Fsp3) is 0.294. The Morgan fingerprint density at radius 2 is 2.00 bits per heavy atom. The number of fused-ring (bicyclic) bond motifs is 1. The van der Waals surface area contributed by atoms with Crippen molar-refractivity contribution in [3.05, 3.63) is 67.8 Å². The molecule has 0 fully saturated rings. The molecule has 0 aliphatic carbocycles. The second-order valence-corrected chi connectivity index (χ2v) is 5.84. The standard InChI is InChI=1S/C17H18N4O4/c1-9-11(16(23)25-4)12(10-6-5-7-18-8-10)13-14(19-9)20(2)17(24)21(3)15(13)22/h5-8,12,19H,1-4H3/t12-/m0/s1. The van der Waals surface area contributed by atoms with Gasteiger partial charge in [-0.15, -0.1) is 0 Å². The van der Waals surface area contributed by atoms with E-state index in [1.54, 1.807) is 38.5 Å². The van der Waals surface area contributed by atoms with Crippen molar-refractivity contribution >= 4 is 11.8 Å². The van der Waals surface area contributed by atoms with Crippen molar-refractivity contribution in [2.24, 2.45) is 14.1 Å². The van der Waals surface area contributed by atoms with Gasteiger partial charge in [0.05, 0.1) is 24.2 Å². The van der Waals surface area contributed by atoms with E-state index in [1.807, 2.05) is 0 Å². The summed E-state index contributed by atoms with van der Waals surface area (Å²) in [6.45, 7) is 1.71. The number of pyridine rings is 1. The summed E-state index contributed by atoms with van der Waals surface area (Å²) in [5.41, 5.74) is 0.906. The molecule has 0 spiro atoms. The van der Waals surface area contributed by atoms with Gasteiger partial charge in [0, 0.05) is 32.2 Å². The predicted octanol–water partition coefficient (Wildman–Crippen LogP) is 0.483. The number of rotatable bonds is 2. The molecule has 8 nitrogen and oxygen atoms in total. The summed E-state index contributed by atoms with van der Waals surface area (Å²) in [6, 6.07) is 3.52. The molecule has 8 heteroatoms. The lowest BCUT2D eigenvalue weighted by Gasteiger charge is -2.30. The monoisotopic (exact) mass is 342 g/mol. The van der Waals surface area contributed by atoms with Gasteiger partial charge in [-0.3, -0.25) is 18.9 Å². The molecular weight excluding hydrogens is 324 g/mol. The lowest BCUT2D eigenvalue weighted by molar-refractivity contribution is -0.136. The average molecular weight is 342 g/mol. The third-order valence-electron chi connectivity index (χ3n) is 4.41. The molecular formula is C17H18N4O4. The van der Waals surface area contributed by atoms with Crippen molar-refractivity contribution in [3.63, 3.8) is 0 Å². The summed E-state index contributed by atoms with van der Waals surface area (Å²) in [5.74, 6) is -0.851. The highest BCUT2D eigenvalue weighted by Gasteiger charge is 2.37. The Morgan fingerprint density at radius 3 is 2.60 bits per heavy atom. The summed E-state index contributed by atoms with van der Waals surface area (Å²) in [4.78, 5) is 41.6. The summed E-state index contributed by atoms with van der Waals surface area (Å²) >= 11 is 0. The zero-order valence-electron chi connectivity index (χ0n) is 14.4. The Bertz CT molecular complexity index is 1000. The molecule has 25 heavy (non-hydrogen) atoms. The van der Waals surface area contributed by atoms with Crippen LogP contribution in [-0.4, -0.2) is 27.2 Å². The second kappa shape index (κ2) is 6.04. The van der Waals surface area contributed by atoms with E-state index in [1.165, 1.54) is 18.7 Å². The van der Waals surface area contributed by atoms with Gasteiger partial charge in [-0.25, -0.2) is 9.59 Å². The van der Waals surface area contributed by atoms with E-state index >= 15 is 0 Å². The van der Waals surface area contributed by atoms with E-state index in [0.29, 0.717) is 28.2 Å². The van der Waals surface area contributed by atoms with Crippen molar-refractivity contribution in [2.45, 2.75) is 12.8 Å². The Kier molecular flexibility index (Phi) is 4.03. The van der Waals surface area contributed by atoms with E-state index in [0.717, 1.165) is 4.57 Å². The third-order valence-corrected chi connectivity index (χ3v) is 4.41. The van der Waals surface area contributed by atoms with Crippen LogP contribution in [0.4, 0.5) is 5.82 Å². The number of hydrogen-bond acceptors (Lipinski definition) is 6. The van der Waals surface area contributed by atoms with E-state index < -0.39 is 23.1 Å². The number of ether oxygens (including phenoxy) is 1. The lowest BCUT2D eigenvalue weighted by atomic mass is 9.83. The largest absolute Gasteiger partial charge is 0.466 e. The Balaban J connectivity index is 2.42. The molecule has 1 N–H and O–H groups in total. The number of esters is 1. The van der Waals surface area contributed by atoms with Crippen LogP contribution in [0, 0.1) is 0 Å². The maximum atomic E-state index is 12.8. The first-order valence-electron chi connectivity index (χ1n) is 7.64. The number of aromatic nitrogens is 3. The summed E-state index contributed by atoms with van der Waals surface area (Å²) in [7, 11) is 4.27. The number of nitrogens with zero attached hydrogens (tertiary/aromatic N) is 3. The molecule has 0 aromatic carbocycles. The minimum absolute atomic E-state index is 0.309. The van der Waals surface area contributed by atoms with Gasteiger partial charge in [-0.2, -0.15) is 0 Å². The highest BCUT2D eigenvalue weighted by molar-refractivity contribution is 5.94. The van der Waals surface area contributed by atoms with Gasteiger partial charge in [0.15, 0.2) is 0 Å². The highest BCUT2D eigenvalue weighted by atomic mass is 16.5. The molecule has 0 unspecified atom stereocenters. The van der Waals surface area contributed by atoms with E-state index in [4.69, 9.17) is 4.74 Å². The number of carbonyl (C=O) groups is 1. The van der Waals surface area contributed by atoms with Gasteiger partial charge in [0.2, 0.25) is 0 Å². The molecule has 0 bridgehead atoms. The zero-order chi connectivity index (χ0) is 18.3. The third kappa shape index (κ3) is 2.46. The van der Waals surface area contributed by atoms with Crippen LogP contribution >= 0.6 is 0 Å². The van der Waals surface area contributed by atoms with Gasteiger partial charge in [-0.05, 0) is 18.6 Å². The van der Waals surface area contributed by atoms with E-state index in [2.05, 4.69) is 10.3 Å². The van der Waals surface area contributed by atoms with E-state index in [-0.39, 0.29) is 0 Å². The second-order valence-electron chi connectivity index (χ2n) is 5.84. The fourth-order valence-corrected chi connectivity index (χ4v) is 3.15. The molecule has 1 atom stereocenters. The fourth-order valence-electron chi connectivity index (χ4n) is 3.15. The van der Waals surface area contributed by atoms with Crippen molar-refractivity contribution in [1.29, 1.82) is 0 Å². The molecule has 2 aromatic rings. The molecule has 3 heterocycles. The van der Waals surface area contributed by atoms with Crippen molar-refractivity contribution in [3.8, 4) is 0 Å². The number of allylic oxidation sites excluding steroid dienone is 1. The predicted molar refractivity (Wildman–Crippen MR) is 91.3 cm³/mol. The minimum Gasteiger partial charge on any atom is -0.466 e. The molecule has 130 valence electrons. The SMILES string of the molecule is COC(=O)C1=C(C)Nc2c(c(=O)n(C)c(=O)n2C)[C@H]1c1cccnc1. The van der Waals surface area contributed by atoms with Crippen LogP contribution in [0.2, 0.25) is 0 Å². The molecule has 1 aliphatic heterocycles. The van der Waals surface area contributed by atoms with Crippen LogP contribution in [0.15, 0.2) is 45.4 Å². The van der Waals surface area contributed by atoms with Crippen molar-refractivity contribution in [2.75, 3.05) is 12.4 Å². The van der Waals surface area contributed by atoms with Gasteiger partial charge in [0.1, 0.15) is 5.82 Å². The molecule has 3 rings (SSSR count). The molecule has 0 saturated heterocycles. The number of carbonyl (C=O) groups excluding carboxylic acids is 1. The van der Waals surface area contributed by atoms with Crippen LogP contribution in [0.5, 0.6) is 0 Å². The molecule has 0 saturated carbocycles. The number of anilines is 1. The quantitative estimate of drug-likeness (QED) is 0.798. The van der Waals surface area contributed by atoms with Gasteiger partial charge >= 0.3 is 11.7 Å². The van der Waals surface area contributed by atoms with Crippen molar-refractivity contribution < 1.29 is 9.53 Å². The van der Waals surface area contributed by atoms with Crippen LogP contribution in [-0.2, 0) is 23.6 Å². The maximum Gasteiger partial charge on any atom is 0.336 e. The smallest absolute Gasteiger partial charge is 0.336 e. The summed E-state index contributed by atoms with van der Waals surface area (Å²) in [5, 5.41) is 3.01. The van der Waals surface area contributed by atoms with Crippen LogP contribution < -0.4 is 16.6 Å². The lowest BCUT2D eigenvalue weighted by Crippen LogP contribution is -2.43. The molecule has 0 radical (unpaired) electrons. The first-order valence-corrected chi connectivity index (χ1v) is 7.64. The first-order chi connectivity index (χ1) is 11.9. The highest BCUT2D eigenvalue weighted by Crippen LogP contribution is 2.39. The van der Waals surface area contributed by atoms with Gasteiger partial charge < -0.3 is 10.1 Å².